The minimum absolute atomic E-state index is 0.108. The van der Waals surface area contributed by atoms with Crippen molar-refractivity contribution in [2.75, 3.05) is 19.8 Å². The normalized spacial score (nSPS) is 22.7. The summed E-state index contributed by atoms with van der Waals surface area (Å²) in [5.41, 5.74) is 1.33. The van der Waals surface area contributed by atoms with Crippen LogP contribution in [0.25, 0.3) is 10.2 Å². The van der Waals surface area contributed by atoms with Crippen LogP contribution in [0.15, 0.2) is 29.6 Å². The van der Waals surface area contributed by atoms with Crippen LogP contribution >= 0.6 is 11.3 Å². The van der Waals surface area contributed by atoms with Crippen molar-refractivity contribution in [1.82, 2.24) is 14.8 Å². The van der Waals surface area contributed by atoms with E-state index in [4.69, 9.17) is 14.2 Å². The van der Waals surface area contributed by atoms with Gasteiger partial charge in [0.2, 0.25) is 11.7 Å². The summed E-state index contributed by atoms with van der Waals surface area (Å²) in [6.45, 7) is 11.9. The Balaban J connectivity index is 1.55. The van der Waals surface area contributed by atoms with Crippen molar-refractivity contribution in [3.8, 4) is 17.2 Å². The second kappa shape index (κ2) is 11.7. The summed E-state index contributed by atoms with van der Waals surface area (Å²) in [6, 6.07) is 7.90. The Labute approximate surface area is 240 Å². The maximum Gasteiger partial charge on any atom is 0.271 e. The van der Waals surface area contributed by atoms with Gasteiger partial charge in [0.1, 0.15) is 11.2 Å². The minimum Gasteiger partial charge on any atom is -0.490 e. The summed E-state index contributed by atoms with van der Waals surface area (Å²) in [6.07, 6.45) is 4.38. The van der Waals surface area contributed by atoms with Crippen LogP contribution in [-0.4, -0.2) is 52.7 Å². The molecule has 0 radical (unpaired) electrons. The van der Waals surface area contributed by atoms with E-state index in [1.54, 1.807) is 16.2 Å². The molecule has 3 unspecified atom stereocenters. The van der Waals surface area contributed by atoms with Crippen LogP contribution in [0.2, 0.25) is 0 Å². The number of aromatic nitrogens is 1. The predicted octanol–water partition coefficient (Wildman–Crippen LogP) is 6.01. The Kier molecular flexibility index (Phi) is 8.31. The number of carbonyl (C=O) groups is 2. The molecule has 2 amide bonds. The van der Waals surface area contributed by atoms with E-state index < -0.39 is 5.54 Å². The van der Waals surface area contributed by atoms with Crippen LogP contribution in [0.3, 0.4) is 0 Å². The molecule has 3 aromatic rings. The van der Waals surface area contributed by atoms with Crippen molar-refractivity contribution in [2.24, 2.45) is 5.92 Å². The van der Waals surface area contributed by atoms with Gasteiger partial charge in [-0.25, -0.2) is 0 Å². The van der Waals surface area contributed by atoms with Crippen LogP contribution in [-0.2, 0) is 17.9 Å². The lowest BCUT2D eigenvalue weighted by Crippen LogP contribution is -2.65. The summed E-state index contributed by atoms with van der Waals surface area (Å²) >= 11 is 1.61. The number of nitrogens with zero attached hydrogens (tertiary/aromatic N) is 2. The molecule has 1 aliphatic carbocycles. The molecule has 0 spiro atoms. The van der Waals surface area contributed by atoms with Gasteiger partial charge in [-0.15, -0.1) is 11.3 Å². The highest BCUT2D eigenvalue weighted by molar-refractivity contribution is 7.17. The van der Waals surface area contributed by atoms with Crippen LogP contribution in [0.1, 0.15) is 76.4 Å². The number of thiophene rings is 1. The molecular formula is C31H41N3O5S. The fourth-order valence-electron chi connectivity index (χ4n) is 6.09. The summed E-state index contributed by atoms with van der Waals surface area (Å²) in [4.78, 5) is 30.1. The standard InChI is InChI=1S/C31H41N3O5S/c1-6-37-25-15-21(16-26(38-7-2)28(25)39-8-3)18-34-29(35)24-17-27-23(13-14-40-27)33(24)19-31(34,5)30(36)32-22-12-10-9-11-20(22)4/h13-17,20,22H,6-12,18-19H2,1-5H3,(H,32,36). The molecule has 9 heteroatoms. The van der Waals surface area contributed by atoms with E-state index in [1.165, 1.54) is 6.42 Å². The molecule has 1 aromatic carbocycles. The van der Waals surface area contributed by atoms with Gasteiger partial charge in [0.15, 0.2) is 11.5 Å². The average molecular weight is 568 g/mol. The van der Waals surface area contributed by atoms with Crippen molar-refractivity contribution in [3.63, 3.8) is 0 Å². The predicted molar refractivity (Wildman–Crippen MR) is 158 cm³/mol. The number of benzene rings is 1. The van der Waals surface area contributed by atoms with E-state index in [9.17, 15) is 9.59 Å². The van der Waals surface area contributed by atoms with E-state index >= 15 is 0 Å². The van der Waals surface area contributed by atoms with Crippen molar-refractivity contribution in [2.45, 2.75) is 85.0 Å². The summed E-state index contributed by atoms with van der Waals surface area (Å²) in [5.74, 6) is 1.84. The van der Waals surface area contributed by atoms with Gasteiger partial charge in [0, 0.05) is 12.6 Å². The zero-order valence-electron chi connectivity index (χ0n) is 24.2. The van der Waals surface area contributed by atoms with Crippen molar-refractivity contribution < 1.29 is 23.8 Å². The van der Waals surface area contributed by atoms with Crippen molar-refractivity contribution >= 4 is 33.4 Å². The maximum atomic E-state index is 14.2. The average Bonchev–Trinajstić information content (AvgIpc) is 3.52. The van der Waals surface area contributed by atoms with Gasteiger partial charge in [0.05, 0.1) is 36.6 Å². The molecule has 3 heterocycles. The molecule has 2 aromatic heterocycles. The van der Waals surface area contributed by atoms with E-state index in [-0.39, 0.29) is 24.4 Å². The van der Waals surface area contributed by atoms with Crippen LogP contribution in [0, 0.1) is 5.92 Å². The van der Waals surface area contributed by atoms with Gasteiger partial charge in [0.25, 0.3) is 5.91 Å². The number of carbonyl (C=O) groups excluding carboxylic acids is 2. The first-order valence-electron chi connectivity index (χ1n) is 14.6. The first-order chi connectivity index (χ1) is 19.3. The molecular weight excluding hydrogens is 526 g/mol. The smallest absolute Gasteiger partial charge is 0.271 e. The number of ether oxygens (including phenoxy) is 3. The summed E-state index contributed by atoms with van der Waals surface area (Å²) in [5, 5.41) is 5.38. The molecule has 8 nitrogen and oxygen atoms in total. The SMILES string of the molecule is CCOc1cc(CN2C(=O)c3cc4sccc4n3CC2(C)C(=O)NC2CCCCC2C)cc(OCC)c1OCC. The van der Waals surface area contributed by atoms with Gasteiger partial charge >= 0.3 is 0 Å². The fourth-order valence-corrected chi connectivity index (χ4v) is 6.91. The zero-order valence-corrected chi connectivity index (χ0v) is 25.1. The van der Waals surface area contributed by atoms with E-state index in [2.05, 4.69) is 12.2 Å². The molecule has 1 saturated carbocycles. The van der Waals surface area contributed by atoms with Crippen LogP contribution < -0.4 is 19.5 Å². The number of amides is 2. The lowest BCUT2D eigenvalue weighted by Gasteiger charge is -2.45. The van der Waals surface area contributed by atoms with Crippen molar-refractivity contribution in [1.29, 1.82) is 0 Å². The van der Waals surface area contributed by atoms with Gasteiger partial charge in [-0.2, -0.15) is 0 Å². The number of hydrogen-bond acceptors (Lipinski definition) is 6. The lowest BCUT2D eigenvalue weighted by atomic mass is 9.85. The Morgan fingerprint density at radius 2 is 1.73 bits per heavy atom. The summed E-state index contributed by atoms with van der Waals surface area (Å²) in [7, 11) is 0. The highest BCUT2D eigenvalue weighted by atomic mass is 32.1. The largest absolute Gasteiger partial charge is 0.490 e. The molecule has 1 N–H and O–H groups in total. The Morgan fingerprint density at radius 3 is 2.38 bits per heavy atom. The molecule has 216 valence electrons. The van der Waals surface area contributed by atoms with Gasteiger partial charge in [-0.05, 0) is 81.7 Å². The molecule has 2 aliphatic rings. The highest BCUT2D eigenvalue weighted by Crippen LogP contribution is 2.41. The molecule has 1 fully saturated rings. The first kappa shape index (κ1) is 28.3. The Morgan fingerprint density at radius 1 is 1.05 bits per heavy atom. The topological polar surface area (TPSA) is 82.0 Å². The third-order valence-corrected chi connectivity index (χ3v) is 9.13. The first-order valence-corrected chi connectivity index (χ1v) is 15.4. The van der Waals surface area contributed by atoms with Gasteiger partial charge in [-0.3, -0.25) is 9.59 Å². The maximum absolute atomic E-state index is 14.2. The molecule has 40 heavy (non-hydrogen) atoms. The monoisotopic (exact) mass is 567 g/mol. The van der Waals surface area contributed by atoms with E-state index in [1.807, 2.05) is 61.9 Å². The summed E-state index contributed by atoms with van der Waals surface area (Å²) < 4.78 is 20.8. The molecule has 0 saturated heterocycles. The second-order valence-electron chi connectivity index (χ2n) is 11.0. The Bertz CT molecular complexity index is 1350. The molecule has 3 atom stereocenters. The number of fused-ring (bicyclic) bond motifs is 3. The molecule has 0 bridgehead atoms. The quantitative estimate of drug-likeness (QED) is 0.325. The van der Waals surface area contributed by atoms with E-state index in [0.717, 1.165) is 35.0 Å². The second-order valence-corrected chi connectivity index (χ2v) is 12.0. The fraction of sp³-hybridized carbons (Fsp3) is 0.548. The minimum atomic E-state index is -1.09. The number of hydrogen-bond donors (Lipinski definition) is 1. The zero-order chi connectivity index (χ0) is 28.4. The van der Waals surface area contributed by atoms with Gasteiger partial charge in [-0.1, -0.05) is 19.8 Å². The number of rotatable bonds is 10. The highest BCUT2D eigenvalue weighted by Gasteiger charge is 2.48. The Hall–Kier alpha value is -3.20. The van der Waals surface area contributed by atoms with Gasteiger partial charge < -0.3 is 29.0 Å². The van der Waals surface area contributed by atoms with Crippen molar-refractivity contribution in [3.05, 3.63) is 40.9 Å². The lowest BCUT2D eigenvalue weighted by molar-refractivity contribution is -0.134. The third-order valence-electron chi connectivity index (χ3n) is 8.28. The molecule has 1 aliphatic heterocycles. The van der Waals surface area contributed by atoms with Crippen LogP contribution in [0.5, 0.6) is 17.2 Å². The third kappa shape index (κ3) is 5.16. The van der Waals surface area contributed by atoms with Crippen LogP contribution in [0.4, 0.5) is 0 Å². The van der Waals surface area contributed by atoms with E-state index in [0.29, 0.717) is 55.2 Å². The number of nitrogens with one attached hydrogen (secondary N) is 1. The molecule has 5 rings (SSSR count).